The van der Waals surface area contributed by atoms with Gasteiger partial charge in [-0.2, -0.15) is 0 Å². The predicted molar refractivity (Wildman–Crippen MR) is 65.5 cm³/mol. The van der Waals surface area contributed by atoms with Gasteiger partial charge in [0, 0.05) is 23.6 Å². The number of rotatable bonds is 2. The van der Waals surface area contributed by atoms with Crippen molar-refractivity contribution in [1.82, 2.24) is 10.6 Å². The van der Waals surface area contributed by atoms with Crippen molar-refractivity contribution >= 4 is 5.96 Å². The molecule has 1 aliphatic heterocycles. The SMILES string of the molecule is CC1CN=C(NC2CC2c2c(F)cccc2F)N1. The first kappa shape index (κ1) is 11.4. The van der Waals surface area contributed by atoms with E-state index in [4.69, 9.17) is 0 Å². The average Bonchev–Trinajstić information content (AvgIpc) is 2.92. The molecular formula is C13H15F2N3. The molecule has 3 atom stereocenters. The average molecular weight is 251 g/mol. The van der Waals surface area contributed by atoms with E-state index in [0.717, 1.165) is 18.9 Å². The zero-order valence-corrected chi connectivity index (χ0v) is 10.1. The number of hydrogen-bond acceptors (Lipinski definition) is 3. The molecular weight excluding hydrogens is 236 g/mol. The maximum atomic E-state index is 13.6. The minimum atomic E-state index is -0.459. The molecule has 2 aliphatic rings. The van der Waals surface area contributed by atoms with Crippen LogP contribution in [0.5, 0.6) is 0 Å². The third-order valence-electron chi connectivity index (χ3n) is 3.39. The van der Waals surface area contributed by atoms with Gasteiger partial charge in [-0.1, -0.05) is 6.07 Å². The largest absolute Gasteiger partial charge is 0.353 e. The highest BCUT2D eigenvalue weighted by Crippen LogP contribution is 2.43. The number of aliphatic imine (C=N–C) groups is 1. The van der Waals surface area contributed by atoms with Crippen LogP contribution in [-0.4, -0.2) is 24.6 Å². The Labute approximate surface area is 104 Å². The zero-order valence-electron chi connectivity index (χ0n) is 10.1. The van der Waals surface area contributed by atoms with Crippen LogP contribution in [0.4, 0.5) is 8.78 Å². The topological polar surface area (TPSA) is 36.4 Å². The van der Waals surface area contributed by atoms with Gasteiger partial charge in [-0.15, -0.1) is 0 Å². The molecule has 0 radical (unpaired) electrons. The molecule has 2 N–H and O–H groups in total. The predicted octanol–water partition coefficient (Wildman–Crippen LogP) is 1.76. The van der Waals surface area contributed by atoms with Gasteiger partial charge >= 0.3 is 0 Å². The molecule has 0 saturated heterocycles. The summed E-state index contributed by atoms with van der Waals surface area (Å²) in [6, 6.07) is 4.41. The van der Waals surface area contributed by atoms with Crippen molar-refractivity contribution in [3.63, 3.8) is 0 Å². The van der Waals surface area contributed by atoms with Crippen LogP contribution in [0, 0.1) is 11.6 Å². The lowest BCUT2D eigenvalue weighted by atomic mass is 10.1. The fraction of sp³-hybridized carbons (Fsp3) is 0.462. The van der Waals surface area contributed by atoms with E-state index in [9.17, 15) is 8.78 Å². The molecule has 3 unspecified atom stereocenters. The zero-order chi connectivity index (χ0) is 12.7. The van der Waals surface area contributed by atoms with Crippen molar-refractivity contribution < 1.29 is 8.78 Å². The molecule has 1 heterocycles. The van der Waals surface area contributed by atoms with Crippen molar-refractivity contribution in [1.29, 1.82) is 0 Å². The summed E-state index contributed by atoms with van der Waals surface area (Å²) < 4.78 is 27.2. The van der Waals surface area contributed by atoms with Crippen LogP contribution in [0.1, 0.15) is 24.8 Å². The first-order valence-corrected chi connectivity index (χ1v) is 6.16. The van der Waals surface area contributed by atoms with E-state index in [0.29, 0.717) is 6.04 Å². The maximum absolute atomic E-state index is 13.6. The van der Waals surface area contributed by atoms with Gasteiger partial charge < -0.3 is 10.6 Å². The van der Waals surface area contributed by atoms with E-state index in [1.165, 1.54) is 18.2 Å². The normalized spacial score (nSPS) is 29.7. The summed E-state index contributed by atoms with van der Waals surface area (Å²) in [6.45, 7) is 2.78. The summed E-state index contributed by atoms with van der Waals surface area (Å²) >= 11 is 0. The highest BCUT2D eigenvalue weighted by molar-refractivity contribution is 5.82. The van der Waals surface area contributed by atoms with Crippen LogP contribution in [0.15, 0.2) is 23.2 Å². The highest BCUT2D eigenvalue weighted by Gasteiger charge is 2.42. The summed E-state index contributed by atoms with van der Waals surface area (Å²) in [4.78, 5) is 4.28. The summed E-state index contributed by atoms with van der Waals surface area (Å²) in [6.07, 6.45) is 0.743. The van der Waals surface area contributed by atoms with E-state index in [1.807, 2.05) is 6.92 Å². The van der Waals surface area contributed by atoms with Crippen LogP contribution in [0.2, 0.25) is 0 Å². The monoisotopic (exact) mass is 251 g/mol. The van der Waals surface area contributed by atoms with Gasteiger partial charge in [0.05, 0.1) is 6.54 Å². The van der Waals surface area contributed by atoms with Crippen LogP contribution in [0.25, 0.3) is 0 Å². The van der Waals surface area contributed by atoms with Gasteiger partial charge in [0.1, 0.15) is 11.6 Å². The standard InChI is InChI=1S/C13H15F2N3/c1-7-6-16-13(17-7)18-11-5-8(11)12-9(14)3-2-4-10(12)15/h2-4,7-8,11H,5-6H2,1H3,(H2,16,17,18). The summed E-state index contributed by atoms with van der Waals surface area (Å²) in [7, 11) is 0. The Morgan fingerprint density at radius 2 is 2.06 bits per heavy atom. The fourth-order valence-corrected chi connectivity index (χ4v) is 2.35. The second-order valence-corrected chi connectivity index (χ2v) is 4.96. The van der Waals surface area contributed by atoms with E-state index in [1.54, 1.807) is 0 Å². The minimum absolute atomic E-state index is 0.0768. The minimum Gasteiger partial charge on any atom is -0.353 e. The molecule has 96 valence electrons. The van der Waals surface area contributed by atoms with Gasteiger partial charge in [-0.3, -0.25) is 4.99 Å². The fourth-order valence-electron chi connectivity index (χ4n) is 2.35. The van der Waals surface area contributed by atoms with Gasteiger partial charge in [-0.05, 0) is 25.5 Å². The molecule has 1 aromatic rings. The first-order valence-electron chi connectivity index (χ1n) is 6.16. The third kappa shape index (κ3) is 2.05. The van der Waals surface area contributed by atoms with E-state index >= 15 is 0 Å². The van der Waals surface area contributed by atoms with Gasteiger partial charge in [0.25, 0.3) is 0 Å². The first-order chi connectivity index (χ1) is 8.65. The van der Waals surface area contributed by atoms with E-state index in [2.05, 4.69) is 15.6 Å². The van der Waals surface area contributed by atoms with Crippen molar-refractivity contribution in [3.8, 4) is 0 Å². The molecule has 0 amide bonds. The van der Waals surface area contributed by atoms with Crippen LogP contribution >= 0.6 is 0 Å². The van der Waals surface area contributed by atoms with Gasteiger partial charge in [-0.25, -0.2) is 8.78 Å². The lowest BCUT2D eigenvalue weighted by Crippen LogP contribution is -2.39. The third-order valence-corrected chi connectivity index (χ3v) is 3.39. The number of nitrogens with zero attached hydrogens (tertiary/aromatic N) is 1. The molecule has 5 heteroatoms. The van der Waals surface area contributed by atoms with Crippen LogP contribution < -0.4 is 10.6 Å². The molecule has 0 aromatic heterocycles. The van der Waals surface area contributed by atoms with Gasteiger partial charge in [0.15, 0.2) is 5.96 Å². The number of hydrogen-bond donors (Lipinski definition) is 2. The van der Waals surface area contributed by atoms with E-state index < -0.39 is 11.6 Å². The molecule has 3 rings (SSSR count). The number of guanidine groups is 1. The van der Waals surface area contributed by atoms with Crippen LogP contribution in [-0.2, 0) is 0 Å². The Kier molecular flexibility index (Phi) is 2.69. The van der Waals surface area contributed by atoms with Crippen molar-refractivity contribution in [3.05, 3.63) is 35.4 Å². The quantitative estimate of drug-likeness (QED) is 0.840. The number of benzene rings is 1. The Bertz CT molecular complexity index is 481. The summed E-state index contributed by atoms with van der Waals surface area (Å²) in [5.74, 6) is -0.267. The Morgan fingerprint density at radius 1 is 1.33 bits per heavy atom. The molecule has 1 aromatic carbocycles. The molecule has 18 heavy (non-hydrogen) atoms. The molecule has 1 saturated carbocycles. The summed E-state index contributed by atoms with van der Waals surface area (Å²) in [5, 5.41) is 6.37. The lowest BCUT2D eigenvalue weighted by Gasteiger charge is -2.09. The second-order valence-electron chi connectivity index (χ2n) is 4.96. The van der Waals surface area contributed by atoms with Crippen molar-refractivity contribution in [2.45, 2.75) is 31.3 Å². The van der Waals surface area contributed by atoms with E-state index in [-0.39, 0.29) is 17.5 Å². The molecule has 0 bridgehead atoms. The number of nitrogens with one attached hydrogen (secondary N) is 2. The molecule has 3 nitrogen and oxygen atoms in total. The molecule has 1 fully saturated rings. The Balaban J connectivity index is 1.67. The Morgan fingerprint density at radius 3 is 2.67 bits per heavy atom. The van der Waals surface area contributed by atoms with Gasteiger partial charge in [0.2, 0.25) is 0 Å². The van der Waals surface area contributed by atoms with Crippen LogP contribution in [0.3, 0.4) is 0 Å². The smallest absolute Gasteiger partial charge is 0.191 e. The van der Waals surface area contributed by atoms with Crippen molar-refractivity contribution in [2.24, 2.45) is 4.99 Å². The maximum Gasteiger partial charge on any atom is 0.191 e. The molecule has 0 spiro atoms. The summed E-state index contributed by atoms with van der Waals surface area (Å²) in [5.41, 5.74) is 0.196. The second kappa shape index (κ2) is 4.23. The molecule has 1 aliphatic carbocycles. The number of halogens is 2. The lowest BCUT2D eigenvalue weighted by molar-refractivity contribution is 0.553. The highest BCUT2D eigenvalue weighted by atomic mass is 19.1. The Hall–Kier alpha value is -1.65. The van der Waals surface area contributed by atoms with Crippen molar-refractivity contribution in [2.75, 3.05) is 6.54 Å².